The summed E-state index contributed by atoms with van der Waals surface area (Å²) in [5.74, 6) is -0.281. The molecule has 3 nitrogen and oxygen atoms in total. The predicted molar refractivity (Wildman–Crippen MR) is 60.1 cm³/mol. The molecule has 0 heterocycles. The van der Waals surface area contributed by atoms with Gasteiger partial charge in [0.2, 0.25) is 0 Å². The van der Waals surface area contributed by atoms with Crippen LogP contribution in [0, 0.1) is 5.82 Å². The zero-order chi connectivity index (χ0) is 12.1. The number of rotatable bonds is 5. The van der Waals surface area contributed by atoms with Crippen LogP contribution < -0.4 is 10.1 Å². The Morgan fingerprint density at radius 2 is 2.25 bits per heavy atom. The van der Waals surface area contributed by atoms with Crippen LogP contribution in [0.25, 0.3) is 0 Å². The van der Waals surface area contributed by atoms with Gasteiger partial charge in [0.15, 0.2) is 17.3 Å². The van der Waals surface area contributed by atoms with Gasteiger partial charge < -0.3 is 10.1 Å². The molecule has 0 amide bonds. The van der Waals surface area contributed by atoms with Crippen molar-refractivity contribution < 1.29 is 13.9 Å². The van der Waals surface area contributed by atoms with E-state index in [1.807, 2.05) is 0 Å². The van der Waals surface area contributed by atoms with E-state index in [-0.39, 0.29) is 11.5 Å². The molecule has 0 spiro atoms. The molecule has 4 heteroatoms. The molecular weight excluding hydrogens is 209 g/mol. The lowest BCUT2D eigenvalue weighted by molar-refractivity contribution is -0.119. The molecule has 88 valence electrons. The second-order valence-electron chi connectivity index (χ2n) is 3.46. The molecule has 0 aliphatic heterocycles. The van der Waals surface area contributed by atoms with Gasteiger partial charge in [-0.05, 0) is 38.6 Å². The number of carbonyl (C=O) groups is 1. The van der Waals surface area contributed by atoms with E-state index >= 15 is 0 Å². The summed E-state index contributed by atoms with van der Waals surface area (Å²) >= 11 is 0. The third-order valence-electron chi connectivity index (χ3n) is 2.28. The van der Waals surface area contributed by atoms with Crippen molar-refractivity contribution in [3.05, 3.63) is 29.6 Å². The van der Waals surface area contributed by atoms with Crippen molar-refractivity contribution in [2.24, 2.45) is 0 Å². The molecule has 0 saturated heterocycles. The minimum atomic E-state index is -0.467. The van der Waals surface area contributed by atoms with Crippen molar-refractivity contribution in [1.82, 2.24) is 5.32 Å². The molecule has 1 N–H and O–H groups in total. The highest BCUT2D eigenvalue weighted by Crippen LogP contribution is 2.22. The van der Waals surface area contributed by atoms with E-state index in [1.165, 1.54) is 13.0 Å². The number of likely N-dealkylation sites (N-methyl/N-ethyl adjacent to an activating group) is 1. The van der Waals surface area contributed by atoms with Crippen molar-refractivity contribution in [1.29, 1.82) is 0 Å². The van der Waals surface area contributed by atoms with Gasteiger partial charge in [0.1, 0.15) is 0 Å². The summed E-state index contributed by atoms with van der Waals surface area (Å²) in [6.07, 6.45) is 0. The van der Waals surface area contributed by atoms with Crippen molar-refractivity contribution in [2.45, 2.75) is 19.9 Å². The SMILES string of the molecule is CCOc1ccc(C(NC)C(C)=O)cc1F. The Morgan fingerprint density at radius 3 is 2.69 bits per heavy atom. The lowest BCUT2D eigenvalue weighted by Crippen LogP contribution is -2.23. The number of ketones is 1. The van der Waals surface area contributed by atoms with Gasteiger partial charge in [0, 0.05) is 0 Å². The number of ether oxygens (including phenoxy) is 1. The monoisotopic (exact) mass is 225 g/mol. The first-order chi connectivity index (χ1) is 7.60. The van der Waals surface area contributed by atoms with E-state index in [4.69, 9.17) is 4.74 Å². The molecule has 1 aromatic carbocycles. The highest BCUT2D eigenvalue weighted by atomic mass is 19.1. The Labute approximate surface area is 94.6 Å². The van der Waals surface area contributed by atoms with Crippen molar-refractivity contribution in [3.63, 3.8) is 0 Å². The Morgan fingerprint density at radius 1 is 1.56 bits per heavy atom. The average Bonchev–Trinajstić information content (AvgIpc) is 2.22. The van der Waals surface area contributed by atoms with E-state index in [0.717, 1.165) is 0 Å². The van der Waals surface area contributed by atoms with E-state index in [9.17, 15) is 9.18 Å². The van der Waals surface area contributed by atoms with Crippen LogP contribution in [0.15, 0.2) is 18.2 Å². The Hall–Kier alpha value is -1.42. The van der Waals surface area contributed by atoms with E-state index in [0.29, 0.717) is 12.2 Å². The van der Waals surface area contributed by atoms with Gasteiger partial charge >= 0.3 is 0 Å². The first kappa shape index (κ1) is 12.6. The highest BCUT2D eigenvalue weighted by Gasteiger charge is 2.16. The first-order valence-electron chi connectivity index (χ1n) is 5.20. The third-order valence-corrected chi connectivity index (χ3v) is 2.28. The van der Waals surface area contributed by atoms with Crippen LogP contribution in [0.5, 0.6) is 5.75 Å². The molecular formula is C12H16FNO2. The number of Topliss-reactive ketones (excluding diaryl/α,β-unsaturated/α-hetero) is 1. The van der Waals surface area contributed by atoms with Crippen molar-refractivity contribution in [2.75, 3.05) is 13.7 Å². The molecule has 16 heavy (non-hydrogen) atoms. The summed E-state index contributed by atoms with van der Waals surface area (Å²) in [5, 5.41) is 2.84. The topological polar surface area (TPSA) is 38.3 Å². The molecule has 1 atom stereocenters. The highest BCUT2D eigenvalue weighted by molar-refractivity contribution is 5.82. The maximum Gasteiger partial charge on any atom is 0.165 e. The van der Waals surface area contributed by atoms with Gasteiger partial charge in [0.25, 0.3) is 0 Å². The Bertz CT molecular complexity index is 379. The number of halogens is 1. The number of carbonyl (C=O) groups excluding carboxylic acids is 1. The standard InChI is InChI=1S/C12H16FNO2/c1-4-16-11-6-5-9(7-10(11)13)12(14-3)8(2)15/h5-7,12,14H,4H2,1-3H3. The normalized spacial score (nSPS) is 12.2. The fraction of sp³-hybridized carbons (Fsp3) is 0.417. The summed E-state index contributed by atoms with van der Waals surface area (Å²) in [7, 11) is 1.67. The summed E-state index contributed by atoms with van der Waals surface area (Å²) in [5.41, 5.74) is 0.607. The maximum absolute atomic E-state index is 13.5. The van der Waals surface area contributed by atoms with Gasteiger partial charge in [0.05, 0.1) is 12.6 Å². The molecule has 0 aliphatic rings. The Balaban J connectivity index is 2.99. The second-order valence-corrected chi connectivity index (χ2v) is 3.46. The predicted octanol–water partition coefficient (Wildman–Crippen LogP) is 2.07. The molecule has 0 saturated carbocycles. The maximum atomic E-state index is 13.5. The molecule has 1 rings (SSSR count). The van der Waals surface area contributed by atoms with Crippen molar-refractivity contribution >= 4 is 5.78 Å². The van der Waals surface area contributed by atoms with Crippen LogP contribution in [0.4, 0.5) is 4.39 Å². The van der Waals surface area contributed by atoms with E-state index in [2.05, 4.69) is 5.32 Å². The summed E-state index contributed by atoms with van der Waals surface area (Å²) in [4.78, 5) is 11.3. The molecule has 1 aromatic rings. The van der Waals surface area contributed by atoms with Gasteiger partial charge in [-0.25, -0.2) is 4.39 Å². The lowest BCUT2D eigenvalue weighted by Gasteiger charge is -2.14. The summed E-state index contributed by atoms with van der Waals surface area (Å²) < 4.78 is 18.6. The average molecular weight is 225 g/mol. The minimum absolute atomic E-state index is 0.0499. The van der Waals surface area contributed by atoms with Crippen LogP contribution in [-0.2, 0) is 4.79 Å². The lowest BCUT2D eigenvalue weighted by atomic mass is 10.0. The first-order valence-corrected chi connectivity index (χ1v) is 5.20. The van der Waals surface area contributed by atoms with Crippen LogP contribution in [0.2, 0.25) is 0 Å². The molecule has 0 bridgehead atoms. The zero-order valence-electron chi connectivity index (χ0n) is 9.71. The van der Waals surface area contributed by atoms with Gasteiger partial charge in [-0.15, -0.1) is 0 Å². The largest absolute Gasteiger partial charge is 0.491 e. The summed E-state index contributed by atoms with van der Waals surface area (Å²) in [6, 6.07) is 4.09. The summed E-state index contributed by atoms with van der Waals surface area (Å²) in [6.45, 7) is 3.67. The molecule has 0 fully saturated rings. The number of nitrogens with one attached hydrogen (secondary N) is 1. The van der Waals surface area contributed by atoms with Crippen molar-refractivity contribution in [3.8, 4) is 5.75 Å². The fourth-order valence-electron chi connectivity index (χ4n) is 1.57. The Kier molecular flexibility index (Phi) is 4.43. The molecule has 1 unspecified atom stereocenters. The minimum Gasteiger partial charge on any atom is -0.491 e. The third kappa shape index (κ3) is 2.79. The fourth-order valence-corrected chi connectivity index (χ4v) is 1.57. The van der Waals surface area contributed by atoms with Crippen LogP contribution >= 0.6 is 0 Å². The number of hydrogen-bond acceptors (Lipinski definition) is 3. The van der Waals surface area contributed by atoms with E-state index in [1.54, 1.807) is 26.1 Å². The van der Waals surface area contributed by atoms with Gasteiger partial charge in [-0.3, -0.25) is 4.79 Å². The molecule has 0 radical (unpaired) electrons. The zero-order valence-corrected chi connectivity index (χ0v) is 9.71. The smallest absolute Gasteiger partial charge is 0.165 e. The van der Waals surface area contributed by atoms with Crippen LogP contribution in [0.3, 0.4) is 0 Å². The van der Waals surface area contributed by atoms with Gasteiger partial charge in [-0.1, -0.05) is 6.07 Å². The van der Waals surface area contributed by atoms with Crippen LogP contribution in [0.1, 0.15) is 25.5 Å². The molecule has 0 aliphatic carbocycles. The quantitative estimate of drug-likeness (QED) is 0.833. The van der Waals surface area contributed by atoms with Crippen LogP contribution in [-0.4, -0.2) is 19.4 Å². The second kappa shape index (κ2) is 5.61. The number of benzene rings is 1. The molecule has 0 aromatic heterocycles. The number of hydrogen-bond donors (Lipinski definition) is 1. The van der Waals surface area contributed by atoms with E-state index < -0.39 is 11.9 Å². The van der Waals surface area contributed by atoms with Gasteiger partial charge in [-0.2, -0.15) is 0 Å².